The summed E-state index contributed by atoms with van der Waals surface area (Å²) in [5.74, 6) is 0.0335. The minimum absolute atomic E-state index is 0. The van der Waals surface area contributed by atoms with Crippen LogP contribution >= 0.6 is 0 Å². The molecule has 1 amide bonds. The number of benzene rings is 1. The van der Waals surface area contributed by atoms with Gasteiger partial charge in [-0.2, -0.15) is 0 Å². The first-order chi connectivity index (χ1) is 7.74. The lowest BCUT2D eigenvalue weighted by Crippen LogP contribution is -2.48. The minimum atomic E-state index is -0.371. The molecule has 2 N–H and O–H groups in total. The molecule has 90 valence electrons. The molecule has 0 aliphatic carbocycles. The van der Waals surface area contributed by atoms with E-state index in [-0.39, 0.29) is 13.4 Å². The molecule has 0 saturated heterocycles. The summed E-state index contributed by atoms with van der Waals surface area (Å²) in [5.41, 5.74) is 7.95. The lowest BCUT2D eigenvalue weighted by Gasteiger charge is -2.31. The second-order valence-corrected chi connectivity index (χ2v) is 3.52. The Kier molecular flexibility index (Phi) is 4.50. The number of nitrogens with zero attached hydrogens (tertiary/aromatic N) is 1. The van der Waals surface area contributed by atoms with Crippen molar-refractivity contribution in [2.75, 3.05) is 11.4 Å². The van der Waals surface area contributed by atoms with Gasteiger partial charge in [0.2, 0.25) is 5.91 Å². The topological polar surface area (TPSA) is 46.3 Å². The highest BCUT2D eigenvalue weighted by atomic mass is 16.2. The quantitative estimate of drug-likeness (QED) is 0.791. The summed E-state index contributed by atoms with van der Waals surface area (Å²) < 4.78 is 0. The van der Waals surface area contributed by atoms with Crippen molar-refractivity contribution < 1.29 is 6.22 Å². The Morgan fingerprint density at radius 1 is 1.44 bits per heavy atom. The zero-order chi connectivity index (χ0) is 12.1. The summed E-state index contributed by atoms with van der Waals surface area (Å²) in [4.78, 5) is 13.5. The van der Waals surface area contributed by atoms with Gasteiger partial charge in [-0.1, -0.05) is 32.0 Å². The molecule has 0 radical (unpaired) electrons. The summed E-state index contributed by atoms with van der Waals surface area (Å²) in [6.07, 6.45) is 0.658. The van der Waals surface area contributed by atoms with Crippen molar-refractivity contribution >= 4 is 11.6 Å². The van der Waals surface area contributed by atoms with Gasteiger partial charge in [0.05, 0.1) is 6.04 Å². The number of hydrogen-bond donors (Lipinski definition) is 1. The number of amides is 1. The number of nitrogens with two attached hydrogens (primary N) is 1. The average Bonchev–Trinajstić information content (AvgIpc) is 2.33. The summed E-state index contributed by atoms with van der Waals surface area (Å²) in [7, 11) is 0. The van der Waals surface area contributed by atoms with Crippen LogP contribution < -0.4 is 10.6 Å². The zero-order valence-electron chi connectivity index (χ0n) is 10.2. The molecule has 1 aliphatic heterocycles. The first kappa shape index (κ1) is 12.7. The van der Waals surface area contributed by atoms with Crippen molar-refractivity contribution in [3.05, 3.63) is 29.8 Å². The maximum atomic E-state index is 11.7. The van der Waals surface area contributed by atoms with Gasteiger partial charge in [0.15, 0.2) is 0 Å². The normalized spacial score (nSPS) is 18.6. The van der Waals surface area contributed by atoms with Crippen molar-refractivity contribution in [1.29, 1.82) is 0 Å². The molecule has 1 heterocycles. The molecule has 16 heavy (non-hydrogen) atoms. The molecule has 3 heteroatoms. The van der Waals surface area contributed by atoms with Crippen LogP contribution in [0.5, 0.6) is 0 Å². The van der Waals surface area contributed by atoms with Crippen LogP contribution in [-0.4, -0.2) is 18.5 Å². The summed E-state index contributed by atoms with van der Waals surface area (Å²) in [6, 6.07) is 7.57. The van der Waals surface area contributed by atoms with Crippen LogP contribution in [0.1, 0.15) is 27.8 Å². The highest BCUT2D eigenvalue weighted by molar-refractivity contribution is 6.00. The molecular weight excluding hydrogens is 200 g/mol. The smallest absolute Gasteiger partial charge is 0.244 e. The van der Waals surface area contributed by atoms with E-state index in [1.165, 1.54) is 5.56 Å². The van der Waals surface area contributed by atoms with E-state index in [1.54, 1.807) is 4.90 Å². The Labute approximate surface area is 98.7 Å². The van der Waals surface area contributed by atoms with Crippen LogP contribution in [0.4, 0.5) is 5.69 Å². The van der Waals surface area contributed by atoms with Crippen LogP contribution in [0.25, 0.3) is 0 Å². The molecule has 2 rings (SSSR count). The van der Waals surface area contributed by atoms with Gasteiger partial charge in [0, 0.05) is 13.7 Å². The molecule has 0 spiro atoms. The second kappa shape index (κ2) is 5.66. The third-order valence-electron chi connectivity index (χ3n) is 2.62. The van der Waals surface area contributed by atoms with Crippen LogP contribution in [0.15, 0.2) is 24.3 Å². The molecule has 1 atom stereocenters. The Hall–Kier alpha value is -1.35. The number of carbonyl (C=O) groups is 1. The average molecular weight is 222 g/mol. The first-order valence-electron chi connectivity index (χ1n) is 5.89. The molecule has 1 aliphatic rings. The summed E-state index contributed by atoms with van der Waals surface area (Å²) >= 11 is 0. The van der Waals surface area contributed by atoms with Gasteiger partial charge in [-0.05, 0) is 25.0 Å². The Morgan fingerprint density at radius 2 is 2.06 bits per heavy atom. The maximum absolute atomic E-state index is 11.7. The number of para-hydroxylation sites is 1. The zero-order valence-corrected chi connectivity index (χ0v) is 10.2. The predicted molar refractivity (Wildman–Crippen MR) is 69.6 cm³/mol. The molecule has 0 bridgehead atoms. The number of carbonyl (C=O) groups excluding carboxylic acids is 1. The Balaban J connectivity index is 0.000000811. The lowest BCUT2D eigenvalue weighted by molar-refractivity contribution is -0.120. The second-order valence-electron chi connectivity index (χ2n) is 3.52. The third kappa shape index (κ3) is 2.25. The van der Waals surface area contributed by atoms with E-state index in [1.807, 2.05) is 45.0 Å². The molecule has 1 unspecified atom stereocenters. The maximum Gasteiger partial charge on any atom is 0.244 e. The Bertz CT molecular complexity index is 368. The number of rotatable bonds is 1. The van der Waals surface area contributed by atoms with Crippen LogP contribution in [0, 0.1) is 0 Å². The van der Waals surface area contributed by atoms with Crippen molar-refractivity contribution in [2.24, 2.45) is 5.73 Å². The standard InChI is InChI=1S/C11H14N2O.C2H6.H2/c1-2-13-10-6-4-3-5-8(10)7-9(12)11(13)14;1-2;/h3-6,9H,2,7,12H2,1H3;1-2H3;1H. The van der Waals surface area contributed by atoms with Crippen LogP contribution in [-0.2, 0) is 11.2 Å². The van der Waals surface area contributed by atoms with E-state index in [4.69, 9.17) is 5.73 Å². The van der Waals surface area contributed by atoms with E-state index >= 15 is 0 Å². The van der Waals surface area contributed by atoms with Gasteiger partial charge in [0.25, 0.3) is 0 Å². The number of anilines is 1. The van der Waals surface area contributed by atoms with Crippen LogP contribution in [0.3, 0.4) is 0 Å². The van der Waals surface area contributed by atoms with Gasteiger partial charge in [-0.15, -0.1) is 0 Å². The van der Waals surface area contributed by atoms with E-state index in [0.717, 1.165) is 5.69 Å². The molecule has 1 aromatic carbocycles. The highest BCUT2D eigenvalue weighted by Crippen LogP contribution is 2.26. The van der Waals surface area contributed by atoms with E-state index in [0.29, 0.717) is 13.0 Å². The van der Waals surface area contributed by atoms with Gasteiger partial charge >= 0.3 is 0 Å². The molecule has 1 aromatic rings. The molecule has 0 aromatic heterocycles. The summed E-state index contributed by atoms with van der Waals surface area (Å²) in [5, 5.41) is 0. The largest absolute Gasteiger partial charge is 0.320 e. The number of likely N-dealkylation sites (N-methyl/N-ethyl adjacent to an activating group) is 1. The van der Waals surface area contributed by atoms with Gasteiger partial charge in [-0.3, -0.25) is 4.79 Å². The van der Waals surface area contributed by atoms with Gasteiger partial charge in [-0.25, -0.2) is 0 Å². The SMILES string of the molecule is CC.CCN1C(=O)C(N)Cc2ccccc21.[HH]. The summed E-state index contributed by atoms with van der Waals surface area (Å²) in [6.45, 7) is 6.65. The molecular formula is C13H22N2O. The Morgan fingerprint density at radius 3 is 2.69 bits per heavy atom. The fraction of sp³-hybridized carbons (Fsp3) is 0.462. The molecule has 0 fully saturated rings. The first-order valence-corrected chi connectivity index (χ1v) is 5.89. The number of hydrogen-bond acceptors (Lipinski definition) is 2. The fourth-order valence-corrected chi connectivity index (χ4v) is 1.92. The third-order valence-corrected chi connectivity index (χ3v) is 2.62. The van der Waals surface area contributed by atoms with Crippen molar-refractivity contribution in [2.45, 2.75) is 33.2 Å². The number of fused-ring (bicyclic) bond motifs is 1. The predicted octanol–water partition coefficient (Wildman–Crippen LogP) is 2.20. The van der Waals surface area contributed by atoms with Crippen molar-refractivity contribution in [3.63, 3.8) is 0 Å². The van der Waals surface area contributed by atoms with Crippen molar-refractivity contribution in [1.82, 2.24) is 0 Å². The molecule has 0 saturated carbocycles. The molecule has 3 nitrogen and oxygen atoms in total. The van der Waals surface area contributed by atoms with E-state index < -0.39 is 0 Å². The van der Waals surface area contributed by atoms with Gasteiger partial charge in [0.1, 0.15) is 0 Å². The van der Waals surface area contributed by atoms with E-state index in [9.17, 15) is 4.79 Å². The fourth-order valence-electron chi connectivity index (χ4n) is 1.92. The van der Waals surface area contributed by atoms with Crippen LogP contribution in [0.2, 0.25) is 0 Å². The van der Waals surface area contributed by atoms with Crippen molar-refractivity contribution in [3.8, 4) is 0 Å². The van der Waals surface area contributed by atoms with Gasteiger partial charge < -0.3 is 10.6 Å². The monoisotopic (exact) mass is 222 g/mol. The lowest BCUT2D eigenvalue weighted by atomic mass is 9.98. The minimum Gasteiger partial charge on any atom is -0.320 e. The van der Waals surface area contributed by atoms with E-state index in [2.05, 4.69) is 0 Å². The highest BCUT2D eigenvalue weighted by Gasteiger charge is 2.28.